The predicted octanol–water partition coefficient (Wildman–Crippen LogP) is 2.96. The van der Waals surface area contributed by atoms with E-state index in [4.69, 9.17) is 9.15 Å². The van der Waals surface area contributed by atoms with Crippen molar-refractivity contribution in [3.05, 3.63) is 63.7 Å². The van der Waals surface area contributed by atoms with E-state index in [9.17, 15) is 13.8 Å². The van der Waals surface area contributed by atoms with Crippen molar-refractivity contribution in [2.45, 2.75) is 39.4 Å². The van der Waals surface area contributed by atoms with Gasteiger partial charge < -0.3 is 9.15 Å². The van der Waals surface area contributed by atoms with Crippen LogP contribution in [0.3, 0.4) is 0 Å². The van der Waals surface area contributed by atoms with Crippen LogP contribution in [0.5, 0.6) is 5.75 Å². The van der Waals surface area contributed by atoms with Gasteiger partial charge in [-0.15, -0.1) is 0 Å². The maximum absolute atomic E-state index is 12.4. The van der Waals surface area contributed by atoms with Gasteiger partial charge in [-0.2, -0.15) is 4.36 Å². The fourth-order valence-corrected chi connectivity index (χ4v) is 6.27. The highest BCUT2D eigenvalue weighted by Gasteiger charge is 2.24. The van der Waals surface area contributed by atoms with E-state index < -0.39 is 9.73 Å². The molecular formula is C22H26N2O5S. The number of rotatable bonds is 5. The molecule has 160 valence electrons. The molecule has 1 aromatic carbocycles. The second-order valence-corrected chi connectivity index (χ2v) is 10.6. The Morgan fingerprint density at radius 3 is 2.50 bits per heavy atom. The minimum Gasteiger partial charge on any atom is -0.486 e. The summed E-state index contributed by atoms with van der Waals surface area (Å²) in [4.78, 5) is 25.8. The van der Waals surface area contributed by atoms with Gasteiger partial charge in [-0.05, 0) is 29.9 Å². The highest BCUT2D eigenvalue weighted by atomic mass is 32.2. The number of benzene rings is 1. The Labute approximate surface area is 176 Å². The second-order valence-electron chi connectivity index (χ2n) is 8.03. The summed E-state index contributed by atoms with van der Waals surface area (Å²) in [5.74, 6) is 1.40. The van der Waals surface area contributed by atoms with Crippen molar-refractivity contribution in [3.63, 3.8) is 0 Å². The lowest BCUT2D eigenvalue weighted by Crippen LogP contribution is -2.28. The summed E-state index contributed by atoms with van der Waals surface area (Å²) in [5.41, 5.74) is 2.43. The van der Waals surface area contributed by atoms with Crippen molar-refractivity contribution >= 4 is 15.6 Å². The summed E-state index contributed by atoms with van der Waals surface area (Å²) >= 11 is 0. The molecule has 2 aliphatic rings. The Kier molecular flexibility index (Phi) is 6.06. The molecule has 7 nitrogen and oxygen atoms in total. The van der Waals surface area contributed by atoms with E-state index in [2.05, 4.69) is 21.4 Å². The van der Waals surface area contributed by atoms with Gasteiger partial charge in [0.25, 0.3) is 5.91 Å². The maximum Gasteiger partial charge on any atom is 0.250 e. The number of hydrogen-bond donors (Lipinski definition) is 0. The van der Waals surface area contributed by atoms with E-state index in [-0.39, 0.29) is 23.0 Å². The van der Waals surface area contributed by atoms with E-state index in [1.165, 1.54) is 30.4 Å². The quantitative estimate of drug-likeness (QED) is 0.725. The number of fused-ring (bicyclic) bond motifs is 1. The Bertz CT molecular complexity index is 1080. The molecule has 0 N–H and O–H groups in total. The number of carbonyl (C=O) groups excluding carboxylic acids is 1. The molecular weight excluding hydrogens is 404 g/mol. The minimum atomic E-state index is -2.42. The zero-order chi connectivity index (χ0) is 21.1. The van der Waals surface area contributed by atoms with E-state index in [0.717, 1.165) is 13.1 Å². The van der Waals surface area contributed by atoms with Crippen LogP contribution >= 0.6 is 0 Å². The number of ether oxygens (including phenoxy) is 1. The molecule has 1 amide bonds. The van der Waals surface area contributed by atoms with Crippen LogP contribution in [-0.4, -0.2) is 33.1 Å². The molecule has 1 fully saturated rings. The van der Waals surface area contributed by atoms with Crippen LogP contribution in [0.25, 0.3) is 0 Å². The molecule has 8 heteroatoms. The van der Waals surface area contributed by atoms with Gasteiger partial charge in [0.1, 0.15) is 12.0 Å². The Hall–Kier alpha value is -2.45. The van der Waals surface area contributed by atoms with Crippen LogP contribution in [-0.2, 0) is 34.2 Å². The van der Waals surface area contributed by atoms with E-state index in [1.807, 2.05) is 12.1 Å². The Morgan fingerprint density at radius 2 is 1.90 bits per heavy atom. The SMILES string of the molecule is CC(=O)N=S1(=O)CCC(COc2coc(CN3Cc4ccccc4C3)cc2=O)CC1. The van der Waals surface area contributed by atoms with Gasteiger partial charge >= 0.3 is 0 Å². The fourth-order valence-electron chi connectivity index (χ4n) is 4.01. The molecule has 0 saturated carbocycles. The molecule has 0 unspecified atom stereocenters. The Balaban J connectivity index is 1.30. The third-order valence-electron chi connectivity index (χ3n) is 5.60. The highest BCUT2D eigenvalue weighted by molar-refractivity contribution is 7.93. The van der Waals surface area contributed by atoms with Crippen LogP contribution in [0.1, 0.15) is 36.7 Å². The van der Waals surface area contributed by atoms with Crippen LogP contribution in [0.4, 0.5) is 0 Å². The first-order valence-electron chi connectivity index (χ1n) is 10.2. The van der Waals surface area contributed by atoms with Gasteiger partial charge in [-0.3, -0.25) is 14.5 Å². The third-order valence-corrected chi connectivity index (χ3v) is 7.93. The normalized spacial score (nSPS) is 23.7. The Morgan fingerprint density at radius 1 is 1.23 bits per heavy atom. The summed E-state index contributed by atoms with van der Waals surface area (Å²) in [5, 5.41) is 0. The van der Waals surface area contributed by atoms with Crippen LogP contribution < -0.4 is 10.2 Å². The summed E-state index contributed by atoms with van der Waals surface area (Å²) in [6.07, 6.45) is 2.71. The predicted molar refractivity (Wildman–Crippen MR) is 114 cm³/mol. The highest BCUT2D eigenvalue weighted by Crippen LogP contribution is 2.24. The largest absolute Gasteiger partial charge is 0.486 e. The molecule has 4 rings (SSSR count). The van der Waals surface area contributed by atoms with Crippen molar-refractivity contribution < 1.29 is 18.2 Å². The van der Waals surface area contributed by atoms with Gasteiger partial charge in [0.2, 0.25) is 11.2 Å². The van der Waals surface area contributed by atoms with Crippen molar-refractivity contribution in [1.29, 1.82) is 0 Å². The molecule has 1 saturated heterocycles. The molecule has 1 aromatic heterocycles. The molecule has 0 bridgehead atoms. The third kappa shape index (κ3) is 4.99. The summed E-state index contributed by atoms with van der Waals surface area (Å²) in [7, 11) is -2.42. The summed E-state index contributed by atoms with van der Waals surface area (Å²) in [6.45, 7) is 3.95. The number of amides is 1. The first kappa shape index (κ1) is 20.8. The van der Waals surface area contributed by atoms with Gasteiger partial charge in [0.15, 0.2) is 0 Å². The first-order chi connectivity index (χ1) is 14.4. The van der Waals surface area contributed by atoms with Crippen molar-refractivity contribution in [2.24, 2.45) is 10.3 Å². The second kappa shape index (κ2) is 8.73. The van der Waals surface area contributed by atoms with Crippen LogP contribution in [0, 0.1) is 5.92 Å². The van der Waals surface area contributed by atoms with Crippen molar-refractivity contribution in [1.82, 2.24) is 4.90 Å². The molecule has 3 heterocycles. The van der Waals surface area contributed by atoms with E-state index >= 15 is 0 Å². The zero-order valence-electron chi connectivity index (χ0n) is 17.0. The lowest BCUT2D eigenvalue weighted by molar-refractivity contribution is -0.115. The molecule has 0 aliphatic carbocycles. The molecule has 2 aliphatic heterocycles. The average molecular weight is 431 g/mol. The lowest BCUT2D eigenvalue weighted by Gasteiger charge is -2.24. The molecule has 2 aromatic rings. The van der Waals surface area contributed by atoms with Crippen molar-refractivity contribution in [2.75, 3.05) is 18.1 Å². The first-order valence-corrected chi connectivity index (χ1v) is 12.0. The average Bonchev–Trinajstić information content (AvgIpc) is 3.10. The summed E-state index contributed by atoms with van der Waals surface area (Å²) < 4.78 is 27.6. The number of nitrogens with zero attached hydrogens (tertiary/aromatic N) is 2. The van der Waals surface area contributed by atoms with E-state index in [1.54, 1.807) is 0 Å². The molecule has 0 spiro atoms. The molecule has 30 heavy (non-hydrogen) atoms. The zero-order valence-corrected chi connectivity index (χ0v) is 17.9. The monoisotopic (exact) mass is 430 g/mol. The van der Waals surface area contributed by atoms with E-state index in [0.29, 0.717) is 43.3 Å². The lowest BCUT2D eigenvalue weighted by atomic mass is 10.0. The van der Waals surface area contributed by atoms with Crippen molar-refractivity contribution in [3.8, 4) is 5.75 Å². The summed E-state index contributed by atoms with van der Waals surface area (Å²) in [6, 6.07) is 9.83. The topological polar surface area (TPSA) is 89.2 Å². The van der Waals surface area contributed by atoms with Gasteiger partial charge in [-0.1, -0.05) is 24.3 Å². The molecule has 0 radical (unpaired) electrons. The maximum atomic E-state index is 12.4. The fraction of sp³-hybridized carbons (Fsp3) is 0.455. The van der Waals surface area contributed by atoms with Crippen LogP contribution in [0.15, 0.2) is 50.2 Å². The van der Waals surface area contributed by atoms with Gasteiger partial charge in [0.05, 0.1) is 22.9 Å². The van der Waals surface area contributed by atoms with Crippen LogP contribution in [0.2, 0.25) is 0 Å². The number of hydrogen-bond acceptors (Lipinski definition) is 6. The minimum absolute atomic E-state index is 0.184. The molecule has 0 atom stereocenters. The standard InChI is InChI=1S/C22H26N2O5S/c1-16(25)23-30(27)8-6-17(7-9-30)14-29-22-15-28-20(10-21(22)26)13-24-11-18-4-2-3-5-19(18)12-24/h2-5,10,15,17H,6-9,11-14H2,1H3. The number of carbonyl (C=O) groups is 1. The van der Waals surface area contributed by atoms with Gasteiger partial charge in [-0.25, -0.2) is 4.21 Å². The smallest absolute Gasteiger partial charge is 0.250 e. The van der Waals surface area contributed by atoms with Gasteiger partial charge in [0, 0.05) is 37.6 Å².